The fraction of sp³-hybridized carbons (Fsp3) is 0.957. The highest BCUT2D eigenvalue weighted by atomic mass is 16.6. The third-order valence-corrected chi connectivity index (χ3v) is 10.7. The van der Waals surface area contributed by atoms with Gasteiger partial charge in [0.25, 0.3) is 0 Å². The zero-order valence-corrected chi connectivity index (χ0v) is 33.9. The van der Waals surface area contributed by atoms with Crippen LogP contribution in [0, 0.1) is 0 Å². The Morgan fingerprint density at radius 3 is 0.551 bits per heavy atom. The Morgan fingerprint density at radius 1 is 0.245 bits per heavy atom. The molecule has 0 amide bonds. The normalized spacial score (nSPS) is 11.4. The summed E-state index contributed by atoms with van der Waals surface area (Å²) >= 11 is 0. The van der Waals surface area contributed by atoms with Gasteiger partial charge in [0.15, 0.2) is 0 Å². The molecule has 0 bridgehead atoms. The largest absolute Gasteiger partial charge is 0.393 e. The number of rotatable bonds is 42. The maximum atomic E-state index is 12.0. The minimum atomic E-state index is -0.319. The number of hydrogen-bond acceptors (Lipinski definition) is 3. The molecule has 3 heteroatoms. The van der Waals surface area contributed by atoms with Gasteiger partial charge in [-0.25, -0.2) is 0 Å². The first-order valence-corrected chi connectivity index (χ1v) is 22.9. The van der Waals surface area contributed by atoms with Gasteiger partial charge < -0.3 is 4.74 Å². The minimum absolute atomic E-state index is 0.319. The summed E-state index contributed by atoms with van der Waals surface area (Å²) in [5.41, 5.74) is 0. The first kappa shape index (κ1) is 48.1. The second-order valence-electron chi connectivity index (χ2n) is 15.8. The molecule has 0 aromatic carbocycles. The number of carbonyl (C=O) groups is 2. The molecular formula is C46H90O3. The van der Waals surface area contributed by atoms with E-state index in [1.807, 2.05) is 0 Å². The van der Waals surface area contributed by atoms with Crippen LogP contribution in [0.3, 0.4) is 0 Å². The van der Waals surface area contributed by atoms with Gasteiger partial charge in [-0.2, -0.15) is 0 Å². The van der Waals surface area contributed by atoms with Crippen LogP contribution in [-0.4, -0.2) is 11.9 Å². The standard InChI is InChI=1S/C46H90O3/c1-3-5-7-9-11-13-15-17-19-21-23-24-26-28-30-32-34-36-38-40-42-44-46(48)49-45(47)43-41-39-37-35-33-31-29-27-25-22-20-18-16-14-12-10-8-6-4-2/h3-44H2,1-2H3. The highest BCUT2D eigenvalue weighted by Crippen LogP contribution is 2.17. The first-order valence-electron chi connectivity index (χ1n) is 22.9. The molecule has 0 spiro atoms. The van der Waals surface area contributed by atoms with E-state index >= 15 is 0 Å². The van der Waals surface area contributed by atoms with E-state index in [0.717, 1.165) is 25.7 Å². The third-order valence-electron chi connectivity index (χ3n) is 10.7. The van der Waals surface area contributed by atoms with Gasteiger partial charge in [0.05, 0.1) is 0 Å². The van der Waals surface area contributed by atoms with Crippen molar-refractivity contribution < 1.29 is 14.3 Å². The predicted molar refractivity (Wildman–Crippen MR) is 216 cm³/mol. The molecule has 0 heterocycles. The monoisotopic (exact) mass is 691 g/mol. The second-order valence-corrected chi connectivity index (χ2v) is 15.8. The van der Waals surface area contributed by atoms with E-state index < -0.39 is 0 Å². The predicted octanol–water partition coefficient (Wildman–Crippen LogP) is 16.5. The fourth-order valence-corrected chi connectivity index (χ4v) is 7.28. The first-order chi connectivity index (χ1) is 24.2. The van der Waals surface area contributed by atoms with Crippen LogP contribution in [0.15, 0.2) is 0 Å². The molecular weight excluding hydrogens is 601 g/mol. The summed E-state index contributed by atoms with van der Waals surface area (Å²) in [7, 11) is 0. The van der Waals surface area contributed by atoms with E-state index in [2.05, 4.69) is 13.8 Å². The second kappa shape index (κ2) is 43.3. The molecule has 0 aliphatic heterocycles. The van der Waals surface area contributed by atoms with Gasteiger partial charge in [0, 0.05) is 12.8 Å². The quantitative estimate of drug-likeness (QED) is 0.0364. The molecule has 0 aromatic rings. The molecule has 0 unspecified atom stereocenters. The van der Waals surface area contributed by atoms with Crippen molar-refractivity contribution in [2.24, 2.45) is 0 Å². The topological polar surface area (TPSA) is 43.4 Å². The highest BCUT2D eigenvalue weighted by Gasteiger charge is 2.10. The molecule has 0 saturated heterocycles. The van der Waals surface area contributed by atoms with Crippen molar-refractivity contribution in [3.05, 3.63) is 0 Å². The molecule has 292 valence electrons. The Kier molecular flexibility index (Phi) is 42.5. The van der Waals surface area contributed by atoms with Crippen LogP contribution in [0.4, 0.5) is 0 Å². The molecule has 0 saturated carbocycles. The maximum Gasteiger partial charge on any atom is 0.313 e. The van der Waals surface area contributed by atoms with E-state index in [9.17, 15) is 9.59 Å². The van der Waals surface area contributed by atoms with Crippen LogP contribution < -0.4 is 0 Å². The summed E-state index contributed by atoms with van der Waals surface area (Å²) in [4.78, 5) is 24.0. The zero-order chi connectivity index (χ0) is 35.6. The van der Waals surface area contributed by atoms with Gasteiger partial charge in [0.2, 0.25) is 0 Å². The average molecular weight is 691 g/mol. The van der Waals surface area contributed by atoms with Gasteiger partial charge in [-0.15, -0.1) is 0 Å². The lowest BCUT2D eigenvalue weighted by Gasteiger charge is -2.05. The smallest absolute Gasteiger partial charge is 0.313 e. The van der Waals surface area contributed by atoms with Crippen molar-refractivity contribution in [3.63, 3.8) is 0 Å². The van der Waals surface area contributed by atoms with Crippen molar-refractivity contribution in [1.82, 2.24) is 0 Å². The number of hydrogen-bond donors (Lipinski definition) is 0. The Bertz CT molecular complexity index is 644. The zero-order valence-electron chi connectivity index (χ0n) is 33.9. The molecule has 0 atom stereocenters. The van der Waals surface area contributed by atoms with Crippen LogP contribution in [-0.2, 0) is 14.3 Å². The van der Waals surface area contributed by atoms with Crippen LogP contribution >= 0.6 is 0 Å². The summed E-state index contributed by atoms with van der Waals surface area (Å²) in [6, 6.07) is 0. The molecule has 0 N–H and O–H groups in total. The molecule has 0 radical (unpaired) electrons. The van der Waals surface area contributed by atoms with Crippen molar-refractivity contribution in [1.29, 1.82) is 0 Å². The highest BCUT2D eigenvalue weighted by molar-refractivity contribution is 5.85. The third kappa shape index (κ3) is 43.2. The van der Waals surface area contributed by atoms with Gasteiger partial charge in [-0.05, 0) is 12.8 Å². The molecule has 0 aliphatic carbocycles. The van der Waals surface area contributed by atoms with Crippen molar-refractivity contribution in [2.45, 2.75) is 284 Å². The number of unbranched alkanes of at least 4 members (excludes halogenated alkanes) is 38. The SMILES string of the molecule is CCCCCCCCCCCCCCCCCCCCCCCC(=O)OC(=O)CCCCCCCCCCCCCCCCCCCCC. The lowest BCUT2D eigenvalue weighted by Crippen LogP contribution is -2.11. The van der Waals surface area contributed by atoms with Gasteiger partial charge in [-0.1, -0.05) is 258 Å². The Hall–Kier alpha value is -0.860. The minimum Gasteiger partial charge on any atom is -0.393 e. The lowest BCUT2D eigenvalue weighted by molar-refractivity contribution is -0.159. The number of carbonyl (C=O) groups excluding carboxylic acids is 2. The number of ether oxygens (including phenoxy) is 1. The van der Waals surface area contributed by atoms with Crippen LogP contribution in [0.1, 0.15) is 284 Å². The van der Waals surface area contributed by atoms with Gasteiger partial charge in [0.1, 0.15) is 0 Å². The summed E-state index contributed by atoms with van der Waals surface area (Å²) in [5, 5.41) is 0. The van der Waals surface area contributed by atoms with E-state index in [4.69, 9.17) is 4.74 Å². The van der Waals surface area contributed by atoms with E-state index in [-0.39, 0.29) is 11.9 Å². The van der Waals surface area contributed by atoms with E-state index in [0.29, 0.717) is 12.8 Å². The molecule has 0 aromatic heterocycles. The van der Waals surface area contributed by atoms with E-state index in [1.165, 1.54) is 231 Å². The van der Waals surface area contributed by atoms with Crippen molar-refractivity contribution in [2.75, 3.05) is 0 Å². The summed E-state index contributed by atoms with van der Waals surface area (Å²) in [6.07, 6.45) is 54.8. The molecule has 0 fully saturated rings. The Morgan fingerprint density at radius 2 is 0.388 bits per heavy atom. The Labute approximate surface area is 309 Å². The average Bonchev–Trinajstić information content (AvgIpc) is 3.10. The molecule has 0 aliphatic rings. The van der Waals surface area contributed by atoms with Crippen LogP contribution in [0.5, 0.6) is 0 Å². The van der Waals surface area contributed by atoms with Gasteiger partial charge in [-0.3, -0.25) is 9.59 Å². The van der Waals surface area contributed by atoms with Crippen molar-refractivity contribution >= 4 is 11.9 Å². The van der Waals surface area contributed by atoms with E-state index in [1.54, 1.807) is 0 Å². The lowest BCUT2D eigenvalue weighted by atomic mass is 10.0. The Balaban J connectivity index is 3.25. The molecule has 49 heavy (non-hydrogen) atoms. The van der Waals surface area contributed by atoms with Crippen LogP contribution in [0.25, 0.3) is 0 Å². The van der Waals surface area contributed by atoms with Crippen LogP contribution in [0.2, 0.25) is 0 Å². The number of esters is 2. The van der Waals surface area contributed by atoms with Gasteiger partial charge >= 0.3 is 11.9 Å². The fourth-order valence-electron chi connectivity index (χ4n) is 7.28. The van der Waals surface area contributed by atoms with Crippen molar-refractivity contribution in [3.8, 4) is 0 Å². The molecule has 0 rings (SSSR count). The summed E-state index contributed by atoms with van der Waals surface area (Å²) < 4.78 is 5.05. The summed E-state index contributed by atoms with van der Waals surface area (Å²) in [5.74, 6) is -0.638. The summed E-state index contributed by atoms with van der Waals surface area (Å²) in [6.45, 7) is 4.58. The maximum absolute atomic E-state index is 12.0. The molecule has 3 nitrogen and oxygen atoms in total.